The number of aromatic nitrogens is 4. The summed E-state index contributed by atoms with van der Waals surface area (Å²) in [7, 11) is 0. The van der Waals surface area contributed by atoms with Gasteiger partial charge in [-0.2, -0.15) is 0 Å². The number of fused-ring (bicyclic) bond motifs is 2. The summed E-state index contributed by atoms with van der Waals surface area (Å²) in [6.07, 6.45) is 10.5. The van der Waals surface area contributed by atoms with Crippen LogP contribution in [-0.4, -0.2) is 43.1 Å². The van der Waals surface area contributed by atoms with Gasteiger partial charge in [-0.05, 0) is 70.7 Å². The van der Waals surface area contributed by atoms with Gasteiger partial charge in [-0.15, -0.1) is 0 Å². The number of likely N-dealkylation sites (tertiary alicyclic amines) is 1. The van der Waals surface area contributed by atoms with Crippen molar-refractivity contribution in [2.24, 2.45) is 0 Å². The second-order valence-corrected chi connectivity index (χ2v) is 14.4. The molecule has 4 heterocycles. The molecule has 3 aliphatic rings. The third-order valence-corrected chi connectivity index (χ3v) is 10.6. The maximum absolute atomic E-state index is 12.8. The van der Waals surface area contributed by atoms with E-state index < -0.39 is 5.60 Å². The molecule has 7 nitrogen and oxygen atoms in total. The van der Waals surface area contributed by atoms with E-state index >= 15 is 0 Å². The van der Waals surface area contributed by atoms with E-state index in [9.17, 15) is 4.79 Å². The van der Waals surface area contributed by atoms with Crippen LogP contribution in [0.3, 0.4) is 0 Å². The van der Waals surface area contributed by atoms with Crippen LogP contribution in [0.5, 0.6) is 0 Å². The molecule has 9 heteroatoms. The van der Waals surface area contributed by atoms with Crippen molar-refractivity contribution in [1.29, 1.82) is 0 Å². The first-order chi connectivity index (χ1) is 19.8. The Morgan fingerprint density at radius 2 is 1.41 bits per heavy atom. The minimum Gasteiger partial charge on any atom is -0.444 e. The maximum atomic E-state index is 12.8. The molecule has 1 saturated carbocycles. The van der Waals surface area contributed by atoms with Gasteiger partial charge in [0, 0.05) is 43.2 Å². The van der Waals surface area contributed by atoms with Gasteiger partial charge in [0.2, 0.25) is 0 Å². The van der Waals surface area contributed by atoms with E-state index in [0.717, 1.165) is 41.4 Å². The van der Waals surface area contributed by atoms with E-state index in [0.29, 0.717) is 12.5 Å². The van der Waals surface area contributed by atoms with E-state index in [4.69, 9.17) is 14.7 Å². The van der Waals surface area contributed by atoms with E-state index in [1.807, 2.05) is 56.7 Å². The minimum absolute atomic E-state index is 0.0943. The Morgan fingerprint density at radius 3 is 2.05 bits per heavy atom. The van der Waals surface area contributed by atoms with Gasteiger partial charge in [0.15, 0.2) is 0 Å². The topological polar surface area (TPSA) is 86.9 Å². The van der Waals surface area contributed by atoms with Crippen molar-refractivity contribution in [1.82, 2.24) is 24.8 Å². The molecule has 0 radical (unpaired) electrons. The first-order valence-corrected chi connectivity index (χ1v) is 16.2. The van der Waals surface area contributed by atoms with Gasteiger partial charge in [0.05, 0.1) is 29.8 Å². The molecular weight excluding hydrogens is 551 g/mol. The van der Waals surface area contributed by atoms with Gasteiger partial charge in [0.25, 0.3) is 0 Å². The van der Waals surface area contributed by atoms with Crippen LogP contribution in [0.25, 0.3) is 22.5 Å². The molecule has 2 aliphatic heterocycles. The number of imidazole rings is 2. The fourth-order valence-electron chi connectivity index (χ4n) is 6.05. The van der Waals surface area contributed by atoms with Crippen molar-refractivity contribution in [3.8, 4) is 22.5 Å². The fraction of sp³-hybridized carbons (Fsp3) is 0.406. The normalized spacial score (nSPS) is 18.9. The van der Waals surface area contributed by atoms with E-state index in [1.54, 1.807) is 4.90 Å². The number of nitrogens with zero attached hydrogens (tertiary/aromatic N) is 3. The monoisotopic (exact) mass is 585 g/mol. The molecule has 1 saturated heterocycles. The Bertz CT molecular complexity index is 1600. The zero-order valence-electron chi connectivity index (χ0n) is 23.7. The number of H-pyrrole nitrogens is 2. The highest BCUT2D eigenvalue weighted by Crippen LogP contribution is 2.50. The second-order valence-electron chi connectivity index (χ2n) is 12.2. The molecule has 1 unspecified atom stereocenters. The number of aromatic amines is 2. The first kappa shape index (κ1) is 26.7. The number of carbonyl (C=O) groups excluding carboxylic acids is 1. The molecule has 2 fully saturated rings. The van der Waals surface area contributed by atoms with Crippen LogP contribution in [0.1, 0.15) is 82.9 Å². The summed E-state index contributed by atoms with van der Waals surface area (Å²) in [4.78, 5) is 36.2. The predicted octanol–water partition coefficient (Wildman–Crippen LogP) is 8.81. The zero-order valence-corrected chi connectivity index (χ0v) is 25.3. The van der Waals surface area contributed by atoms with E-state index in [-0.39, 0.29) is 12.1 Å². The van der Waals surface area contributed by atoms with Crippen LogP contribution in [-0.2, 0) is 4.74 Å². The highest BCUT2D eigenvalue weighted by molar-refractivity contribution is 8.05. The molecule has 41 heavy (non-hydrogen) atoms. The van der Waals surface area contributed by atoms with Gasteiger partial charge >= 0.3 is 6.09 Å². The Hall–Kier alpha value is -3.17. The summed E-state index contributed by atoms with van der Waals surface area (Å²) >= 11 is 3.63. The smallest absolute Gasteiger partial charge is 0.410 e. The SMILES string of the molecule is CC(C)(C)OC(=O)N1CCCC1c1ncc(-c2ccc3c(c2)Sc2cc(-c4cnc(C5CCCC5)[nH]4)ccc2S3)[nH]1. The van der Waals surface area contributed by atoms with Gasteiger partial charge < -0.3 is 14.7 Å². The number of amides is 1. The molecule has 1 amide bonds. The molecule has 4 aromatic rings. The number of rotatable bonds is 4. The van der Waals surface area contributed by atoms with E-state index in [2.05, 4.69) is 46.4 Å². The van der Waals surface area contributed by atoms with Gasteiger partial charge in [-0.3, -0.25) is 4.90 Å². The third-order valence-electron chi connectivity index (χ3n) is 8.08. The number of nitrogens with one attached hydrogen (secondary N) is 2. The number of ether oxygens (including phenoxy) is 1. The molecule has 0 bridgehead atoms. The van der Waals surface area contributed by atoms with Crippen molar-refractivity contribution in [3.05, 3.63) is 60.4 Å². The zero-order chi connectivity index (χ0) is 28.1. The molecule has 1 aliphatic carbocycles. The predicted molar refractivity (Wildman–Crippen MR) is 162 cm³/mol. The van der Waals surface area contributed by atoms with Crippen molar-refractivity contribution in [2.45, 2.75) is 96.4 Å². The molecule has 0 spiro atoms. The summed E-state index contributed by atoms with van der Waals surface area (Å²) in [5.41, 5.74) is 3.80. The van der Waals surface area contributed by atoms with Gasteiger partial charge in [-0.25, -0.2) is 14.8 Å². The fourth-order valence-corrected chi connectivity index (χ4v) is 8.32. The van der Waals surface area contributed by atoms with Crippen LogP contribution < -0.4 is 0 Å². The lowest BCUT2D eigenvalue weighted by Crippen LogP contribution is -2.36. The van der Waals surface area contributed by atoms with Crippen molar-refractivity contribution in [3.63, 3.8) is 0 Å². The van der Waals surface area contributed by atoms with Crippen LogP contribution in [0, 0.1) is 0 Å². The highest BCUT2D eigenvalue weighted by Gasteiger charge is 2.35. The van der Waals surface area contributed by atoms with Crippen LogP contribution in [0.15, 0.2) is 68.4 Å². The number of hydrogen-bond donors (Lipinski definition) is 2. The standard InChI is InChI=1S/C32H35N5O2S2/c1-32(2,3)39-31(38)37-14-6-9-24(37)30-34-18-23(36-30)21-11-13-26-28(16-21)41-27-15-20(10-12-25(27)40-26)22-17-33-29(35-22)19-7-4-5-8-19/h10-13,15-19,24H,4-9,14H2,1-3H3,(H,33,35)(H,34,36). The first-order valence-electron chi connectivity index (χ1n) is 14.5. The Kier molecular flexibility index (Phi) is 6.90. The Labute approximate surface area is 249 Å². The van der Waals surface area contributed by atoms with Gasteiger partial charge in [-0.1, -0.05) is 48.5 Å². The highest BCUT2D eigenvalue weighted by atomic mass is 32.2. The molecule has 1 atom stereocenters. The number of carbonyl (C=O) groups is 1. The molecule has 2 N–H and O–H groups in total. The lowest BCUT2D eigenvalue weighted by atomic mass is 10.1. The average Bonchev–Trinajstić information content (AvgIpc) is 3.76. The van der Waals surface area contributed by atoms with Crippen molar-refractivity contribution < 1.29 is 9.53 Å². The maximum Gasteiger partial charge on any atom is 0.410 e. The average molecular weight is 586 g/mol. The molecule has 7 rings (SSSR count). The summed E-state index contributed by atoms with van der Waals surface area (Å²) in [6, 6.07) is 13.2. The number of benzene rings is 2. The van der Waals surface area contributed by atoms with Crippen LogP contribution in [0.2, 0.25) is 0 Å². The lowest BCUT2D eigenvalue weighted by Gasteiger charge is -2.27. The number of hydrogen-bond acceptors (Lipinski definition) is 6. The van der Waals surface area contributed by atoms with Crippen LogP contribution >= 0.6 is 23.5 Å². The molecular formula is C32H35N5O2S2. The lowest BCUT2D eigenvalue weighted by molar-refractivity contribution is 0.0218. The molecule has 2 aromatic heterocycles. The third kappa shape index (κ3) is 5.42. The second kappa shape index (κ2) is 10.6. The van der Waals surface area contributed by atoms with Crippen LogP contribution in [0.4, 0.5) is 4.79 Å². The van der Waals surface area contributed by atoms with Gasteiger partial charge in [0.1, 0.15) is 17.2 Å². The summed E-state index contributed by atoms with van der Waals surface area (Å²) in [5.74, 6) is 2.53. The van der Waals surface area contributed by atoms with E-state index in [1.165, 1.54) is 50.8 Å². The van der Waals surface area contributed by atoms with Crippen molar-refractivity contribution in [2.75, 3.05) is 6.54 Å². The van der Waals surface area contributed by atoms with Crippen molar-refractivity contribution >= 4 is 29.6 Å². The molecule has 212 valence electrons. The summed E-state index contributed by atoms with van der Waals surface area (Å²) in [5, 5.41) is 0. The molecule has 2 aromatic carbocycles. The Morgan fingerprint density at radius 1 is 0.829 bits per heavy atom. The largest absolute Gasteiger partial charge is 0.444 e. The Balaban J connectivity index is 1.10. The quantitative estimate of drug-likeness (QED) is 0.219. The minimum atomic E-state index is -0.520. The summed E-state index contributed by atoms with van der Waals surface area (Å²) < 4.78 is 5.65. The summed E-state index contributed by atoms with van der Waals surface area (Å²) in [6.45, 7) is 6.38.